The molecule has 3 rings (SSSR count). The van der Waals surface area contributed by atoms with Crippen molar-refractivity contribution in [2.24, 2.45) is 5.16 Å². The predicted octanol–water partition coefficient (Wildman–Crippen LogP) is 3.64. The van der Waals surface area contributed by atoms with E-state index in [0.717, 1.165) is 30.2 Å². The summed E-state index contributed by atoms with van der Waals surface area (Å²) in [7, 11) is 0. The Bertz CT molecular complexity index is 833. The molecule has 29 heavy (non-hydrogen) atoms. The molecule has 2 aromatic carbocycles. The maximum absolute atomic E-state index is 11.1. The smallest absolute Gasteiger partial charge is 0.308 e. The first-order valence-corrected chi connectivity index (χ1v) is 10.6. The van der Waals surface area contributed by atoms with Gasteiger partial charge in [-0.1, -0.05) is 29.4 Å². The molecule has 1 heterocycles. The van der Waals surface area contributed by atoms with Crippen molar-refractivity contribution in [2.75, 3.05) is 25.6 Å². The van der Waals surface area contributed by atoms with E-state index in [0.29, 0.717) is 29.9 Å². The summed E-state index contributed by atoms with van der Waals surface area (Å²) in [6.07, 6.45) is 1.08. The number of esters is 1. The maximum atomic E-state index is 11.1. The summed E-state index contributed by atoms with van der Waals surface area (Å²) >= 11 is 1.97. The lowest BCUT2D eigenvalue weighted by Crippen LogP contribution is -2.14. The van der Waals surface area contributed by atoms with Gasteiger partial charge in [-0.25, -0.2) is 0 Å². The van der Waals surface area contributed by atoms with Gasteiger partial charge in [-0.3, -0.25) is 4.79 Å². The van der Waals surface area contributed by atoms with Gasteiger partial charge in [0.05, 0.1) is 5.71 Å². The van der Waals surface area contributed by atoms with Crippen molar-refractivity contribution < 1.29 is 19.1 Å². The average molecular weight is 415 g/mol. The molecule has 7 heteroatoms. The second kappa shape index (κ2) is 10.9. The van der Waals surface area contributed by atoms with Crippen LogP contribution in [0.3, 0.4) is 0 Å². The van der Waals surface area contributed by atoms with Gasteiger partial charge < -0.3 is 19.6 Å². The summed E-state index contributed by atoms with van der Waals surface area (Å²) in [5.41, 5.74) is 2.85. The number of oxime groups is 1. The summed E-state index contributed by atoms with van der Waals surface area (Å²) in [6, 6.07) is 15.4. The highest BCUT2D eigenvalue weighted by molar-refractivity contribution is 8.00. The molecular weight excluding hydrogens is 388 g/mol. The van der Waals surface area contributed by atoms with Gasteiger partial charge >= 0.3 is 5.97 Å². The predicted molar refractivity (Wildman–Crippen MR) is 116 cm³/mol. The Morgan fingerprint density at radius 1 is 1.14 bits per heavy atom. The van der Waals surface area contributed by atoms with Gasteiger partial charge in [-0.05, 0) is 43.2 Å². The molecule has 154 valence electrons. The van der Waals surface area contributed by atoms with Crippen LogP contribution in [0.5, 0.6) is 11.5 Å². The molecule has 1 aliphatic rings. The summed E-state index contributed by atoms with van der Waals surface area (Å²) in [6.45, 7) is 5.04. The van der Waals surface area contributed by atoms with Crippen molar-refractivity contribution in [3.05, 3.63) is 59.7 Å². The molecule has 1 fully saturated rings. The van der Waals surface area contributed by atoms with E-state index >= 15 is 0 Å². The van der Waals surface area contributed by atoms with Crippen molar-refractivity contribution >= 4 is 23.4 Å². The number of rotatable bonds is 9. The third kappa shape index (κ3) is 7.11. The highest BCUT2D eigenvalue weighted by Crippen LogP contribution is 2.21. The molecule has 6 nitrogen and oxygen atoms in total. The van der Waals surface area contributed by atoms with E-state index in [9.17, 15) is 4.79 Å². The van der Waals surface area contributed by atoms with Crippen molar-refractivity contribution in [1.82, 2.24) is 5.32 Å². The van der Waals surface area contributed by atoms with E-state index in [4.69, 9.17) is 14.3 Å². The Morgan fingerprint density at radius 3 is 2.69 bits per heavy atom. The largest absolute Gasteiger partial charge is 0.490 e. The van der Waals surface area contributed by atoms with Crippen LogP contribution >= 0.6 is 11.8 Å². The van der Waals surface area contributed by atoms with Crippen molar-refractivity contribution in [1.29, 1.82) is 0 Å². The summed E-state index contributed by atoms with van der Waals surface area (Å²) < 4.78 is 10.8. The number of hydrogen-bond acceptors (Lipinski definition) is 7. The zero-order valence-electron chi connectivity index (χ0n) is 16.7. The molecule has 1 unspecified atom stereocenters. The topological polar surface area (TPSA) is 69.2 Å². The molecule has 0 spiro atoms. The Hall–Kier alpha value is -2.51. The fourth-order valence-electron chi connectivity index (χ4n) is 2.91. The Morgan fingerprint density at radius 2 is 1.97 bits per heavy atom. The van der Waals surface area contributed by atoms with Crippen LogP contribution in [0, 0.1) is 0 Å². The van der Waals surface area contributed by atoms with Gasteiger partial charge in [0.15, 0.2) is 6.61 Å². The number of thioether (sulfide) groups is 1. The standard InChI is InChI=1S/C22H26N2O4S/c1-16(19-4-3-5-21(13-19)28-17(2)25)24-27-11-10-26-20-8-6-18(7-9-20)12-22-14-23-15-29-22/h3-9,13,22-23H,10-12,14-15H2,1-2H3. The molecule has 0 aliphatic carbocycles. The van der Waals surface area contributed by atoms with Gasteiger partial charge in [0, 0.05) is 30.2 Å². The van der Waals surface area contributed by atoms with Gasteiger partial charge in [0.25, 0.3) is 0 Å². The lowest BCUT2D eigenvalue weighted by molar-refractivity contribution is -0.131. The minimum Gasteiger partial charge on any atom is -0.490 e. The number of ether oxygens (including phenoxy) is 2. The molecule has 0 radical (unpaired) electrons. The first kappa shape index (κ1) is 21.2. The Kier molecular flexibility index (Phi) is 7.95. The van der Waals surface area contributed by atoms with Crippen LogP contribution < -0.4 is 14.8 Å². The molecular formula is C22H26N2O4S. The maximum Gasteiger partial charge on any atom is 0.308 e. The van der Waals surface area contributed by atoms with Crippen LogP contribution in [0.2, 0.25) is 0 Å². The minimum absolute atomic E-state index is 0.340. The lowest BCUT2D eigenvalue weighted by Gasteiger charge is -2.09. The minimum atomic E-state index is -0.354. The molecule has 1 N–H and O–H groups in total. The van der Waals surface area contributed by atoms with Gasteiger partial charge in [-0.2, -0.15) is 0 Å². The fraction of sp³-hybridized carbons (Fsp3) is 0.364. The number of hydrogen-bond donors (Lipinski definition) is 1. The van der Waals surface area contributed by atoms with Gasteiger partial charge in [0.1, 0.15) is 18.1 Å². The van der Waals surface area contributed by atoms with Crippen molar-refractivity contribution in [3.8, 4) is 11.5 Å². The highest BCUT2D eigenvalue weighted by Gasteiger charge is 2.15. The average Bonchev–Trinajstić information content (AvgIpc) is 3.21. The van der Waals surface area contributed by atoms with Crippen LogP contribution in [-0.2, 0) is 16.1 Å². The SMILES string of the molecule is CC(=O)Oc1cccc(C(C)=NOCCOc2ccc(CC3CNCS3)cc2)c1. The second-order valence-corrected chi connectivity index (χ2v) is 8.00. The quantitative estimate of drug-likeness (QED) is 0.222. The van der Waals surface area contributed by atoms with Crippen LogP contribution in [0.1, 0.15) is 25.0 Å². The monoisotopic (exact) mass is 414 g/mol. The van der Waals surface area contributed by atoms with E-state index < -0.39 is 0 Å². The Labute approximate surface area is 175 Å². The van der Waals surface area contributed by atoms with Crippen molar-refractivity contribution in [2.45, 2.75) is 25.5 Å². The summed E-state index contributed by atoms with van der Waals surface area (Å²) in [5.74, 6) is 2.00. The number of benzene rings is 2. The van der Waals surface area contributed by atoms with Crippen LogP contribution in [0.25, 0.3) is 0 Å². The molecule has 1 saturated heterocycles. The van der Waals surface area contributed by atoms with Crippen LogP contribution in [0.4, 0.5) is 0 Å². The fourth-order valence-corrected chi connectivity index (χ4v) is 3.93. The molecule has 1 atom stereocenters. The van der Waals surface area contributed by atoms with E-state index in [1.54, 1.807) is 18.2 Å². The third-order valence-electron chi connectivity index (χ3n) is 4.34. The number of carbonyl (C=O) groups excluding carboxylic acids is 1. The second-order valence-electron chi connectivity index (χ2n) is 6.72. The van der Waals surface area contributed by atoms with Crippen LogP contribution in [0.15, 0.2) is 53.7 Å². The molecule has 1 aliphatic heterocycles. The molecule has 0 amide bonds. The molecule has 0 aromatic heterocycles. The third-order valence-corrected chi connectivity index (χ3v) is 5.51. The van der Waals surface area contributed by atoms with Crippen molar-refractivity contribution in [3.63, 3.8) is 0 Å². The van der Waals surface area contributed by atoms with E-state index in [-0.39, 0.29) is 5.97 Å². The van der Waals surface area contributed by atoms with E-state index in [1.165, 1.54) is 12.5 Å². The molecule has 0 saturated carbocycles. The first-order chi connectivity index (χ1) is 14.1. The first-order valence-electron chi connectivity index (χ1n) is 9.59. The zero-order valence-corrected chi connectivity index (χ0v) is 17.5. The van der Waals surface area contributed by atoms with Crippen LogP contribution in [-0.4, -0.2) is 42.6 Å². The molecule has 0 bridgehead atoms. The zero-order chi connectivity index (χ0) is 20.5. The van der Waals surface area contributed by atoms with E-state index in [2.05, 4.69) is 22.6 Å². The highest BCUT2D eigenvalue weighted by atomic mass is 32.2. The summed E-state index contributed by atoms with van der Waals surface area (Å²) in [5, 5.41) is 8.13. The van der Waals surface area contributed by atoms with Gasteiger partial charge in [-0.15, -0.1) is 11.8 Å². The number of nitrogens with zero attached hydrogens (tertiary/aromatic N) is 1. The number of nitrogens with one attached hydrogen (secondary N) is 1. The molecule has 2 aromatic rings. The van der Waals surface area contributed by atoms with Gasteiger partial charge in [0.2, 0.25) is 0 Å². The Balaban J connectivity index is 1.40. The summed E-state index contributed by atoms with van der Waals surface area (Å²) in [4.78, 5) is 16.4. The normalized spacial score (nSPS) is 16.5. The van der Waals surface area contributed by atoms with E-state index in [1.807, 2.05) is 36.9 Å². The number of carbonyl (C=O) groups is 1. The lowest BCUT2D eigenvalue weighted by atomic mass is 10.1.